The van der Waals surface area contributed by atoms with E-state index in [2.05, 4.69) is 11.4 Å². The molecule has 1 fully saturated rings. The smallest absolute Gasteiger partial charge is 0.239 e. The molecule has 1 amide bonds. The summed E-state index contributed by atoms with van der Waals surface area (Å²) < 4.78 is 16.5. The molecule has 0 saturated carbocycles. The Hall–Kier alpha value is -1.79. The largest absolute Gasteiger partial charge is 0.454 e. The average molecular weight is 348 g/mol. The van der Waals surface area contributed by atoms with Gasteiger partial charge in [-0.2, -0.15) is 0 Å². The normalized spacial score (nSPS) is 20.8. The molecule has 138 valence electrons. The summed E-state index contributed by atoms with van der Waals surface area (Å²) in [7, 11) is 0. The van der Waals surface area contributed by atoms with Crippen molar-refractivity contribution in [3.63, 3.8) is 0 Å². The second-order valence-electron chi connectivity index (χ2n) is 7.31. The van der Waals surface area contributed by atoms with Gasteiger partial charge in [-0.25, -0.2) is 0 Å². The van der Waals surface area contributed by atoms with E-state index in [4.69, 9.17) is 19.9 Å². The fraction of sp³-hybridized carbons (Fsp3) is 0.632. The molecule has 1 saturated heterocycles. The van der Waals surface area contributed by atoms with Gasteiger partial charge in [0, 0.05) is 25.2 Å². The summed E-state index contributed by atoms with van der Waals surface area (Å²) in [6, 6.07) is 6.05. The Morgan fingerprint density at radius 2 is 2.00 bits per heavy atom. The van der Waals surface area contributed by atoms with Crippen LogP contribution in [0.2, 0.25) is 0 Å². The Morgan fingerprint density at radius 1 is 1.28 bits per heavy atom. The van der Waals surface area contributed by atoms with Crippen molar-refractivity contribution in [2.24, 2.45) is 5.73 Å². The molecule has 0 radical (unpaired) electrons. The van der Waals surface area contributed by atoms with Crippen molar-refractivity contribution >= 4 is 5.91 Å². The zero-order valence-corrected chi connectivity index (χ0v) is 15.1. The average Bonchev–Trinajstić information content (AvgIpc) is 3.08. The topological polar surface area (TPSA) is 82.8 Å². The van der Waals surface area contributed by atoms with Crippen LogP contribution >= 0.6 is 0 Å². The molecule has 2 aliphatic rings. The Kier molecular flexibility index (Phi) is 5.20. The Labute approximate surface area is 149 Å². The summed E-state index contributed by atoms with van der Waals surface area (Å²) >= 11 is 0. The van der Waals surface area contributed by atoms with Crippen LogP contribution in [-0.4, -0.2) is 38.0 Å². The number of amides is 1. The molecule has 0 aliphatic carbocycles. The minimum Gasteiger partial charge on any atom is -0.454 e. The minimum atomic E-state index is -0.837. The van der Waals surface area contributed by atoms with Crippen LogP contribution in [0.4, 0.5) is 0 Å². The predicted molar refractivity (Wildman–Crippen MR) is 94.8 cm³/mol. The number of rotatable bonds is 6. The lowest BCUT2D eigenvalue weighted by Crippen LogP contribution is -2.55. The predicted octanol–water partition coefficient (Wildman–Crippen LogP) is 2.10. The molecule has 2 heterocycles. The van der Waals surface area contributed by atoms with Gasteiger partial charge in [0.2, 0.25) is 12.7 Å². The van der Waals surface area contributed by atoms with E-state index >= 15 is 0 Å². The molecule has 6 heteroatoms. The summed E-state index contributed by atoms with van der Waals surface area (Å²) in [5.41, 5.74) is 6.31. The second-order valence-corrected chi connectivity index (χ2v) is 7.31. The molecule has 0 aromatic heterocycles. The lowest BCUT2D eigenvalue weighted by atomic mass is 9.74. The summed E-state index contributed by atoms with van der Waals surface area (Å²) in [5.74, 6) is 1.44. The summed E-state index contributed by atoms with van der Waals surface area (Å²) in [5, 5.41) is 3.09. The molecule has 1 unspecified atom stereocenters. The van der Waals surface area contributed by atoms with Gasteiger partial charge in [-0.15, -0.1) is 0 Å². The van der Waals surface area contributed by atoms with Crippen LogP contribution in [0, 0.1) is 0 Å². The second kappa shape index (κ2) is 7.22. The van der Waals surface area contributed by atoms with E-state index in [1.54, 1.807) is 6.92 Å². The van der Waals surface area contributed by atoms with Gasteiger partial charge in [0.25, 0.3) is 0 Å². The first-order chi connectivity index (χ1) is 12.0. The highest BCUT2D eigenvalue weighted by Gasteiger charge is 2.37. The number of hydrogen-bond donors (Lipinski definition) is 2. The van der Waals surface area contributed by atoms with Gasteiger partial charge in [-0.3, -0.25) is 4.79 Å². The molecule has 2 aliphatic heterocycles. The van der Waals surface area contributed by atoms with Crippen LogP contribution in [0.5, 0.6) is 11.5 Å². The molecule has 0 bridgehead atoms. The van der Waals surface area contributed by atoms with Crippen molar-refractivity contribution in [2.75, 3.05) is 26.6 Å². The van der Waals surface area contributed by atoms with Crippen LogP contribution in [0.15, 0.2) is 18.2 Å². The van der Waals surface area contributed by atoms with E-state index in [0.717, 1.165) is 36.3 Å². The van der Waals surface area contributed by atoms with E-state index in [1.165, 1.54) is 0 Å². The van der Waals surface area contributed by atoms with Gasteiger partial charge in [0.1, 0.15) is 0 Å². The molecule has 25 heavy (non-hydrogen) atoms. The Balaban J connectivity index is 1.78. The highest BCUT2D eigenvalue weighted by molar-refractivity contribution is 5.85. The number of hydrogen-bond acceptors (Lipinski definition) is 5. The highest BCUT2D eigenvalue weighted by atomic mass is 16.7. The van der Waals surface area contributed by atoms with E-state index in [-0.39, 0.29) is 18.1 Å². The molecule has 3 N–H and O–H groups in total. The summed E-state index contributed by atoms with van der Waals surface area (Å²) in [6.07, 6.45) is 3.24. The Bertz CT molecular complexity index is 624. The fourth-order valence-corrected chi connectivity index (χ4v) is 3.64. The minimum absolute atomic E-state index is 0.0963. The van der Waals surface area contributed by atoms with Gasteiger partial charge in [0.15, 0.2) is 11.5 Å². The summed E-state index contributed by atoms with van der Waals surface area (Å²) in [4.78, 5) is 12.5. The molecule has 0 spiro atoms. The number of carbonyl (C=O) groups is 1. The number of fused-ring (bicyclic) bond motifs is 1. The molecule has 1 atom stereocenters. The van der Waals surface area contributed by atoms with Crippen molar-refractivity contribution in [3.05, 3.63) is 23.8 Å². The van der Waals surface area contributed by atoms with Gasteiger partial charge >= 0.3 is 0 Å². The monoisotopic (exact) mass is 348 g/mol. The molecular weight excluding hydrogens is 320 g/mol. The molecular formula is C19H28N2O4. The maximum Gasteiger partial charge on any atom is 0.239 e. The summed E-state index contributed by atoms with van der Waals surface area (Å²) in [6.45, 7) is 5.99. The quantitative estimate of drug-likeness (QED) is 0.823. The van der Waals surface area contributed by atoms with E-state index in [0.29, 0.717) is 26.2 Å². The number of benzene rings is 1. The third kappa shape index (κ3) is 3.75. The fourth-order valence-electron chi connectivity index (χ4n) is 3.64. The Morgan fingerprint density at radius 3 is 2.72 bits per heavy atom. The molecule has 1 aromatic rings. The lowest BCUT2D eigenvalue weighted by Gasteiger charge is -2.38. The molecule has 3 rings (SSSR count). The number of nitrogens with one attached hydrogen (secondary N) is 1. The van der Waals surface area contributed by atoms with Crippen LogP contribution in [0.3, 0.4) is 0 Å². The van der Waals surface area contributed by atoms with Crippen LogP contribution in [0.25, 0.3) is 0 Å². The van der Waals surface area contributed by atoms with Crippen molar-refractivity contribution in [3.8, 4) is 11.5 Å². The number of carbonyl (C=O) groups excluding carboxylic acids is 1. The van der Waals surface area contributed by atoms with Crippen molar-refractivity contribution in [2.45, 2.75) is 50.5 Å². The van der Waals surface area contributed by atoms with Crippen molar-refractivity contribution in [1.29, 1.82) is 0 Å². The van der Waals surface area contributed by atoms with Gasteiger partial charge < -0.3 is 25.3 Å². The lowest BCUT2D eigenvalue weighted by molar-refractivity contribution is -0.126. The molecule has 6 nitrogen and oxygen atoms in total. The van der Waals surface area contributed by atoms with Crippen LogP contribution < -0.4 is 20.5 Å². The highest BCUT2D eigenvalue weighted by Crippen LogP contribution is 2.40. The van der Waals surface area contributed by atoms with E-state index in [1.807, 2.05) is 19.1 Å². The third-order valence-corrected chi connectivity index (χ3v) is 5.31. The third-order valence-electron chi connectivity index (χ3n) is 5.31. The SMILES string of the molecule is CCCC(C)(N)C(=O)NCC1(c2ccc3c(c2)OCO3)CCOCC1. The van der Waals surface area contributed by atoms with Gasteiger partial charge in [-0.1, -0.05) is 19.4 Å². The zero-order chi connectivity index (χ0) is 17.9. The van der Waals surface area contributed by atoms with Crippen LogP contribution in [-0.2, 0) is 14.9 Å². The van der Waals surface area contributed by atoms with Gasteiger partial charge in [-0.05, 0) is 43.9 Å². The van der Waals surface area contributed by atoms with Crippen molar-refractivity contribution < 1.29 is 19.0 Å². The van der Waals surface area contributed by atoms with E-state index < -0.39 is 5.54 Å². The first kappa shape index (κ1) is 18.0. The van der Waals surface area contributed by atoms with Gasteiger partial charge in [0.05, 0.1) is 5.54 Å². The number of nitrogens with two attached hydrogens (primary N) is 1. The van der Waals surface area contributed by atoms with Crippen LogP contribution in [0.1, 0.15) is 45.1 Å². The zero-order valence-electron chi connectivity index (χ0n) is 15.1. The number of ether oxygens (including phenoxy) is 3. The first-order valence-electron chi connectivity index (χ1n) is 9.02. The maximum absolute atomic E-state index is 12.5. The first-order valence-corrected chi connectivity index (χ1v) is 9.02. The molecule has 1 aromatic carbocycles. The maximum atomic E-state index is 12.5. The standard InChI is InChI=1S/C19H28N2O4/c1-3-6-18(2,20)17(22)21-12-19(7-9-23-10-8-19)14-4-5-15-16(11-14)25-13-24-15/h4-5,11H,3,6-10,12-13,20H2,1-2H3,(H,21,22). The van der Waals surface area contributed by atoms with Crippen molar-refractivity contribution in [1.82, 2.24) is 5.32 Å². The van der Waals surface area contributed by atoms with E-state index in [9.17, 15) is 4.79 Å².